The van der Waals surface area contributed by atoms with Gasteiger partial charge in [-0.25, -0.2) is 0 Å². The highest BCUT2D eigenvalue weighted by molar-refractivity contribution is 6.09. The largest absolute Gasteiger partial charge is 0.366 e. The molecule has 0 aromatic carbocycles. The van der Waals surface area contributed by atoms with Gasteiger partial charge in [-0.1, -0.05) is 6.92 Å². The fraction of sp³-hybridized carbons (Fsp3) is 0.375. The van der Waals surface area contributed by atoms with Gasteiger partial charge in [0, 0.05) is 18.0 Å². The van der Waals surface area contributed by atoms with Crippen molar-refractivity contribution < 1.29 is 4.79 Å². The summed E-state index contributed by atoms with van der Waals surface area (Å²) in [5.74, 6) is 0.00280. The first-order chi connectivity index (χ1) is 12.0. The van der Waals surface area contributed by atoms with Gasteiger partial charge >= 0.3 is 0 Å². The van der Waals surface area contributed by atoms with Crippen molar-refractivity contribution >= 4 is 16.9 Å². The Morgan fingerprint density at radius 3 is 3.00 bits per heavy atom. The lowest BCUT2D eigenvalue weighted by atomic mass is 9.67. The van der Waals surface area contributed by atoms with Gasteiger partial charge < -0.3 is 10.7 Å². The molecule has 0 unspecified atom stereocenters. The first-order valence-corrected chi connectivity index (χ1v) is 7.97. The highest BCUT2D eigenvalue weighted by Crippen LogP contribution is 2.46. The molecule has 3 aromatic heterocycles. The molecular weight excluding hydrogens is 320 g/mol. The van der Waals surface area contributed by atoms with E-state index in [4.69, 9.17) is 5.73 Å². The number of amides is 1. The van der Waals surface area contributed by atoms with Crippen molar-refractivity contribution in [3.8, 4) is 17.3 Å². The van der Waals surface area contributed by atoms with E-state index in [2.05, 4.69) is 38.5 Å². The number of H-pyrrole nitrogens is 1. The summed E-state index contributed by atoms with van der Waals surface area (Å²) < 4.78 is 1.84. The van der Waals surface area contributed by atoms with Crippen molar-refractivity contribution in [2.45, 2.75) is 31.7 Å². The summed E-state index contributed by atoms with van der Waals surface area (Å²) in [5, 5.41) is 25.9. The van der Waals surface area contributed by atoms with Gasteiger partial charge in [0.2, 0.25) is 0 Å². The van der Waals surface area contributed by atoms with Crippen LogP contribution in [0.4, 0.5) is 0 Å². The molecule has 9 heteroatoms. The van der Waals surface area contributed by atoms with E-state index in [1.165, 1.54) is 6.20 Å². The van der Waals surface area contributed by atoms with Crippen LogP contribution in [0.1, 0.15) is 36.5 Å². The summed E-state index contributed by atoms with van der Waals surface area (Å²) >= 11 is 0. The molecule has 25 heavy (non-hydrogen) atoms. The molecule has 0 aliphatic heterocycles. The molecule has 1 aliphatic rings. The van der Waals surface area contributed by atoms with Crippen LogP contribution in [0.2, 0.25) is 0 Å². The smallest absolute Gasteiger partial charge is 0.251 e. The second-order valence-electron chi connectivity index (χ2n) is 6.67. The number of fused-ring (bicyclic) bond motifs is 1. The standard InChI is InChI=1S/C16H16N8O/c1-9-4-16(5-9,2-3-17)24-8-10(6-20-24)13-12-11(14(18)25)7-19-15(12)22-23-21-13/h6-9H,2,4-5H2,1H3,(H2,18,25)(H,19,21,22). The lowest BCUT2D eigenvalue weighted by molar-refractivity contribution is 0.0682. The number of nitrogens with two attached hydrogens (primary N) is 1. The number of hydrogen-bond donors (Lipinski definition) is 2. The number of carbonyl (C=O) groups is 1. The molecule has 1 fully saturated rings. The number of nitrogens with one attached hydrogen (secondary N) is 1. The van der Waals surface area contributed by atoms with E-state index < -0.39 is 5.91 Å². The van der Waals surface area contributed by atoms with Gasteiger partial charge in [0.25, 0.3) is 5.91 Å². The fourth-order valence-corrected chi connectivity index (χ4v) is 3.79. The summed E-state index contributed by atoms with van der Waals surface area (Å²) in [7, 11) is 0. The minimum atomic E-state index is -0.566. The van der Waals surface area contributed by atoms with E-state index in [0.29, 0.717) is 40.2 Å². The zero-order valence-corrected chi connectivity index (χ0v) is 13.6. The summed E-state index contributed by atoms with van der Waals surface area (Å²) in [6, 6.07) is 2.26. The van der Waals surface area contributed by atoms with Crippen LogP contribution in [0.3, 0.4) is 0 Å². The molecule has 126 valence electrons. The van der Waals surface area contributed by atoms with E-state index in [9.17, 15) is 10.1 Å². The molecular formula is C16H16N8O. The van der Waals surface area contributed by atoms with Gasteiger partial charge in [0.1, 0.15) is 5.69 Å². The van der Waals surface area contributed by atoms with Crippen molar-refractivity contribution in [3.05, 3.63) is 24.2 Å². The Balaban J connectivity index is 1.81. The maximum atomic E-state index is 11.7. The molecule has 0 saturated heterocycles. The Bertz CT molecular complexity index is 1000. The molecule has 3 heterocycles. The number of carbonyl (C=O) groups excluding carboxylic acids is 1. The van der Waals surface area contributed by atoms with Crippen LogP contribution in [0.5, 0.6) is 0 Å². The first-order valence-electron chi connectivity index (χ1n) is 7.97. The average Bonchev–Trinajstić information content (AvgIpc) is 3.20. The first kappa shape index (κ1) is 15.3. The summed E-state index contributed by atoms with van der Waals surface area (Å²) in [5.41, 5.74) is 7.12. The molecule has 4 rings (SSSR count). The third-order valence-electron chi connectivity index (χ3n) is 4.86. The van der Waals surface area contributed by atoms with Crippen LogP contribution in [0, 0.1) is 17.2 Å². The van der Waals surface area contributed by atoms with E-state index in [-0.39, 0.29) is 5.54 Å². The quantitative estimate of drug-likeness (QED) is 0.737. The molecule has 1 saturated carbocycles. The highest BCUT2D eigenvalue weighted by Gasteiger charge is 2.44. The molecule has 0 atom stereocenters. The molecule has 3 aromatic rings. The van der Waals surface area contributed by atoms with Gasteiger partial charge in [-0.05, 0) is 24.0 Å². The average molecular weight is 336 g/mol. The predicted molar refractivity (Wildman–Crippen MR) is 88.0 cm³/mol. The minimum absolute atomic E-state index is 0.267. The van der Waals surface area contributed by atoms with Crippen molar-refractivity contribution in [2.75, 3.05) is 0 Å². The van der Waals surface area contributed by atoms with Gasteiger partial charge in [-0.3, -0.25) is 9.48 Å². The van der Waals surface area contributed by atoms with Gasteiger partial charge in [-0.2, -0.15) is 10.4 Å². The maximum Gasteiger partial charge on any atom is 0.251 e. The summed E-state index contributed by atoms with van der Waals surface area (Å²) in [6.07, 6.45) is 7.26. The molecule has 1 amide bonds. The number of hydrogen-bond acceptors (Lipinski definition) is 6. The van der Waals surface area contributed by atoms with Crippen LogP contribution < -0.4 is 5.73 Å². The Labute approximate surface area is 142 Å². The van der Waals surface area contributed by atoms with Crippen LogP contribution in [0.15, 0.2) is 18.6 Å². The van der Waals surface area contributed by atoms with Gasteiger partial charge in [-0.15, -0.1) is 10.2 Å². The van der Waals surface area contributed by atoms with Crippen molar-refractivity contribution in [1.29, 1.82) is 5.26 Å². The maximum absolute atomic E-state index is 11.7. The molecule has 3 N–H and O–H groups in total. The van der Waals surface area contributed by atoms with E-state index in [1.54, 1.807) is 6.20 Å². The Morgan fingerprint density at radius 2 is 2.32 bits per heavy atom. The number of nitrogens with zero attached hydrogens (tertiary/aromatic N) is 6. The Hall–Kier alpha value is -3.28. The zero-order valence-electron chi connectivity index (χ0n) is 13.6. The van der Waals surface area contributed by atoms with Gasteiger partial charge in [0.05, 0.1) is 35.2 Å². The lowest BCUT2D eigenvalue weighted by Gasteiger charge is -2.45. The van der Waals surface area contributed by atoms with Crippen molar-refractivity contribution in [3.63, 3.8) is 0 Å². The fourth-order valence-electron chi connectivity index (χ4n) is 3.79. The van der Waals surface area contributed by atoms with Crippen LogP contribution in [-0.2, 0) is 5.54 Å². The third-order valence-corrected chi connectivity index (χ3v) is 4.86. The second kappa shape index (κ2) is 5.37. The van der Waals surface area contributed by atoms with E-state index in [1.807, 2.05) is 10.9 Å². The summed E-state index contributed by atoms with van der Waals surface area (Å²) in [4.78, 5) is 14.6. The van der Waals surface area contributed by atoms with Gasteiger partial charge in [0.15, 0.2) is 5.65 Å². The molecule has 0 bridgehead atoms. The number of rotatable bonds is 4. The molecule has 1 aliphatic carbocycles. The number of primary amides is 1. The summed E-state index contributed by atoms with van der Waals surface area (Å²) in [6.45, 7) is 2.16. The molecule has 9 nitrogen and oxygen atoms in total. The van der Waals surface area contributed by atoms with Crippen LogP contribution in [0.25, 0.3) is 22.3 Å². The molecule has 0 spiro atoms. The van der Waals surface area contributed by atoms with Crippen molar-refractivity contribution in [1.82, 2.24) is 30.2 Å². The highest BCUT2D eigenvalue weighted by atomic mass is 16.1. The number of aromatic amines is 1. The normalized spacial score (nSPS) is 22.5. The number of nitriles is 1. The topological polar surface area (TPSA) is 139 Å². The minimum Gasteiger partial charge on any atom is -0.366 e. The van der Waals surface area contributed by atoms with Crippen molar-refractivity contribution in [2.24, 2.45) is 11.7 Å². The third kappa shape index (κ3) is 2.26. The second-order valence-corrected chi connectivity index (χ2v) is 6.67. The molecule has 0 radical (unpaired) electrons. The monoisotopic (exact) mass is 336 g/mol. The SMILES string of the molecule is CC1CC(CC#N)(n2cc(-c3nnnc4[nH]cc(C(N)=O)c34)cn2)C1. The lowest BCUT2D eigenvalue weighted by Crippen LogP contribution is -2.45. The Morgan fingerprint density at radius 1 is 1.52 bits per heavy atom. The van der Waals surface area contributed by atoms with Crippen LogP contribution in [-0.4, -0.2) is 36.1 Å². The van der Waals surface area contributed by atoms with E-state index >= 15 is 0 Å². The Kier molecular flexibility index (Phi) is 3.28. The van der Waals surface area contributed by atoms with E-state index in [0.717, 1.165) is 12.8 Å². The van der Waals surface area contributed by atoms with Crippen LogP contribution >= 0.6 is 0 Å². The predicted octanol–water partition coefficient (Wildman–Crippen LogP) is 1.35. The zero-order chi connectivity index (χ0) is 17.6. The number of aromatic nitrogens is 6.